The predicted octanol–water partition coefficient (Wildman–Crippen LogP) is 4.63. The molecule has 1 aromatic heterocycles. The lowest BCUT2D eigenvalue weighted by Gasteiger charge is -2.16. The van der Waals surface area contributed by atoms with Gasteiger partial charge in [-0.05, 0) is 55.7 Å². The second kappa shape index (κ2) is 8.05. The lowest BCUT2D eigenvalue weighted by molar-refractivity contribution is 0.475. The van der Waals surface area contributed by atoms with E-state index >= 15 is 0 Å². The van der Waals surface area contributed by atoms with Gasteiger partial charge < -0.3 is 5.11 Å². The number of rotatable bonds is 5. The molecule has 0 radical (unpaired) electrons. The molecule has 2 aromatic carbocycles. The van der Waals surface area contributed by atoms with Crippen LogP contribution in [0.3, 0.4) is 0 Å². The molecule has 0 saturated heterocycles. The van der Waals surface area contributed by atoms with E-state index in [9.17, 15) is 14.3 Å². The average molecular weight is 431 g/mol. The van der Waals surface area contributed by atoms with Crippen LogP contribution in [0.15, 0.2) is 51.7 Å². The molecule has 27 heavy (non-hydrogen) atoms. The van der Waals surface area contributed by atoms with Crippen molar-refractivity contribution in [3.8, 4) is 17.1 Å². The minimum atomic E-state index is -0.305. The Morgan fingerprint density at radius 3 is 2.70 bits per heavy atom. The summed E-state index contributed by atoms with van der Waals surface area (Å²) in [6.45, 7) is 4.05. The van der Waals surface area contributed by atoms with Gasteiger partial charge in [-0.3, -0.25) is 9.36 Å². The topological polar surface area (TPSA) is 55.1 Å². The maximum Gasteiger partial charge on any atom is 0.257 e. The summed E-state index contributed by atoms with van der Waals surface area (Å²) in [5.74, 6) is 0.152. The highest BCUT2D eigenvalue weighted by molar-refractivity contribution is 9.10. The summed E-state index contributed by atoms with van der Waals surface area (Å²) in [5, 5.41) is 10.3. The third kappa shape index (κ3) is 4.11. The molecule has 0 aliphatic heterocycles. The third-order valence-corrected chi connectivity index (χ3v) is 5.03. The highest BCUT2D eigenvalue weighted by Crippen LogP contribution is 2.30. The highest BCUT2D eigenvalue weighted by Gasteiger charge is 2.17. The normalized spacial score (nSPS) is 11.0. The van der Waals surface area contributed by atoms with Crippen molar-refractivity contribution >= 4 is 15.9 Å². The van der Waals surface area contributed by atoms with E-state index in [0.29, 0.717) is 42.0 Å². The molecule has 0 bridgehead atoms. The molecule has 0 amide bonds. The van der Waals surface area contributed by atoms with E-state index < -0.39 is 0 Å². The summed E-state index contributed by atoms with van der Waals surface area (Å²) in [6, 6.07) is 11.4. The average Bonchev–Trinajstić information content (AvgIpc) is 2.63. The molecule has 140 valence electrons. The molecule has 3 rings (SSSR count). The number of phenolic OH excluding ortho intramolecular Hbond substituents is 1. The van der Waals surface area contributed by atoms with Gasteiger partial charge in [-0.15, -0.1) is 0 Å². The maximum atomic E-state index is 13.5. The van der Waals surface area contributed by atoms with E-state index in [2.05, 4.69) is 20.9 Å². The van der Waals surface area contributed by atoms with Crippen molar-refractivity contribution in [1.29, 1.82) is 0 Å². The monoisotopic (exact) mass is 430 g/mol. The van der Waals surface area contributed by atoms with Gasteiger partial charge in [-0.25, -0.2) is 9.37 Å². The van der Waals surface area contributed by atoms with E-state index in [0.717, 1.165) is 10.0 Å². The zero-order valence-corrected chi connectivity index (χ0v) is 16.8. The van der Waals surface area contributed by atoms with Gasteiger partial charge in [-0.1, -0.05) is 35.0 Å². The number of hydrogen-bond donors (Lipinski definition) is 1. The summed E-state index contributed by atoms with van der Waals surface area (Å²) < 4.78 is 15.8. The molecule has 0 spiro atoms. The number of hydrogen-bond acceptors (Lipinski definition) is 3. The van der Waals surface area contributed by atoms with Gasteiger partial charge in [0.15, 0.2) is 0 Å². The number of benzene rings is 2. The molecule has 3 aromatic rings. The van der Waals surface area contributed by atoms with Crippen LogP contribution in [-0.4, -0.2) is 14.7 Å². The SMILES string of the molecule is CCc1c(C)nc(-c2cc(Br)ccc2O)n(CCc2cccc(F)c2)c1=O. The summed E-state index contributed by atoms with van der Waals surface area (Å²) >= 11 is 3.40. The zero-order valence-electron chi connectivity index (χ0n) is 15.2. The number of aromatic hydroxyl groups is 1. The molecule has 0 saturated carbocycles. The second-order valence-corrected chi connectivity index (χ2v) is 7.27. The number of aryl methyl sites for hydroxylation is 2. The largest absolute Gasteiger partial charge is 0.507 e. The molecule has 0 unspecified atom stereocenters. The van der Waals surface area contributed by atoms with Crippen molar-refractivity contribution < 1.29 is 9.50 Å². The van der Waals surface area contributed by atoms with Crippen LogP contribution < -0.4 is 5.56 Å². The minimum absolute atomic E-state index is 0.0493. The number of nitrogens with zero attached hydrogens (tertiary/aromatic N) is 2. The lowest BCUT2D eigenvalue weighted by Crippen LogP contribution is -2.28. The van der Waals surface area contributed by atoms with Crippen molar-refractivity contribution in [3.63, 3.8) is 0 Å². The Hall–Kier alpha value is -2.47. The standard InChI is InChI=1S/C21H20BrFN2O2/c1-3-17-13(2)24-20(18-12-15(22)7-8-19(18)26)25(21(17)27)10-9-14-5-4-6-16(23)11-14/h4-8,11-12,26H,3,9-10H2,1-2H3. The van der Waals surface area contributed by atoms with Gasteiger partial charge in [0.05, 0.1) is 5.56 Å². The molecule has 6 heteroatoms. The first-order chi connectivity index (χ1) is 12.9. The fraction of sp³-hybridized carbons (Fsp3) is 0.238. The van der Waals surface area contributed by atoms with E-state index in [1.54, 1.807) is 35.8 Å². The number of phenols is 1. The Morgan fingerprint density at radius 2 is 2.00 bits per heavy atom. The Morgan fingerprint density at radius 1 is 1.22 bits per heavy atom. The Kier molecular flexibility index (Phi) is 5.75. The Balaban J connectivity index is 2.12. The van der Waals surface area contributed by atoms with Crippen molar-refractivity contribution in [1.82, 2.24) is 9.55 Å². The fourth-order valence-electron chi connectivity index (χ4n) is 3.14. The highest BCUT2D eigenvalue weighted by atomic mass is 79.9. The van der Waals surface area contributed by atoms with E-state index in [1.807, 2.05) is 13.0 Å². The lowest BCUT2D eigenvalue weighted by atomic mass is 10.1. The Bertz CT molecular complexity index is 1050. The van der Waals surface area contributed by atoms with Gasteiger partial charge >= 0.3 is 0 Å². The number of halogens is 2. The first-order valence-electron chi connectivity index (χ1n) is 8.74. The van der Waals surface area contributed by atoms with Crippen molar-refractivity contribution in [2.24, 2.45) is 0 Å². The Labute approximate surface area is 165 Å². The number of aromatic nitrogens is 2. The molecule has 1 heterocycles. The second-order valence-electron chi connectivity index (χ2n) is 6.35. The van der Waals surface area contributed by atoms with E-state index in [-0.39, 0.29) is 17.1 Å². The molecule has 0 aliphatic rings. The van der Waals surface area contributed by atoms with Crippen LogP contribution in [0.5, 0.6) is 5.75 Å². The maximum absolute atomic E-state index is 13.5. The smallest absolute Gasteiger partial charge is 0.257 e. The van der Waals surface area contributed by atoms with Crippen LogP contribution in [0.2, 0.25) is 0 Å². The molecular weight excluding hydrogens is 411 g/mol. The van der Waals surface area contributed by atoms with Crippen molar-refractivity contribution in [2.45, 2.75) is 33.2 Å². The molecule has 0 aliphatic carbocycles. The summed E-state index contributed by atoms with van der Waals surface area (Å²) in [4.78, 5) is 17.7. The minimum Gasteiger partial charge on any atom is -0.507 e. The summed E-state index contributed by atoms with van der Waals surface area (Å²) in [6.07, 6.45) is 1.05. The van der Waals surface area contributed by atoms with Gasteiger partial charge in [0.1, 0.15) is 17.4 Å². The first kappa shape index (κ1) is 19.3. The molecular formula is C21H20BrFN2O2. The first-order valence-corrected chi connectivity index (χ1v) is 9.53. The zero-order chi connectivity index (χ0) is 19.6. The van der Waals surface area contributed by atoms with Crippen molar-refractivity contribution in [3.05, 3.63) is 79.9 Å². The van der Waals surface area contributed by atoms with Crippen LogP contribution in [0.25, 0.3) is 11.4 Å². The summed E-state index contributed by atoms with van der Waals surface area (Å²) in [7, 11) is 0. The van der Waals surface area contributed by atoms with Crippen LogP contribution in [0, 0.1) is 12.7 Å². The van der Waals surface area contributed by atoms with Crippen LogP contribution >= 0.6 is 15.9 Å². The van der Waals surface area contributed by atoms with Gasteiger partial charge in [0.2, 0.25) is 0 Å². The van der Waals surface area contributed by atoms with Crippen LogP contribution in [-0.2, 0) is 19.4 Å². The quantitative estimate of drug-likeness (QED) is 0.641. The van der Waals surface area contributed by atoms with Crippen LogP contribution in [0.1, 0.15) is 23.7 Å². The van der Waals surface area contributed by atoms with Crippen LogP contribution in [0.4, 0.5) is 4.39 Å². The molecule has 0 atom stereocenters. The fourth-order valence-corrected chi connectivity index (χ4v) is 3.50. The molecule has 4 nitrogen and oxygen atoms in total. The van der Waals surface area contributed by atoms with E-state index in [4.69, 9.17) is 0 Å². The van der Waals surface area contributed by atoms with E-state index in [1.165, 1.54) is 12.1 Å². The molecule has 0 fully saturated rings. The van der Waals surface area contributed by atoms with Crippen molar-refractivity contribution in [2.75, 3.05) is 0 Å². The summed E-state index contributed by atoms with van der Waals surface area (Å²) in [5.41, 5.74) is 2.44. The van der Waals surface area contributed by atoms with Gasteiger partial charge in [0.25, 0.3) is 5.56 Å². The van der Waals surface area contributed by atoms with Gasteiger partial charge in [0, 0.05) is 22.3 Å². The molecule has 1 N–H and O–H groups in total. The predicted molar refractivity (Wildman–Crippen MR) is 108 cm³/mol. The van der Waals surface area contributed by atoms with Gasteiger partial charge in [-0.2, -0.15) is 0 Å². The third-order valence-electron chi connectivity index (χ3n) is 4.54.